The fourth-order valence-corrected chi connectivity index (χ4v) is 2.22. The predicted molar refractivity (Wildman–Crippen MR) is 85.5 cm³/mol. The lowest BCUT2D eigenvalue weighted by atomic mass is 10.1. The number of furan rings is 1. The smallest absolute Gasteiger partial charge is 0.166 e. The average Bonchev–Trinajstić information content (AvgIpc) is 2.98. The average molecular weight is 306 g/mol. The van der Waals surface area contributed by atoms with E-state index < -0.39 is 0 Å². The lowest BCUT2D eigenvalue weighted by Crippen LogP contribution is -2.40. The summed E-state index contributed by atoms with van der Waals surface area (Å²) in [6, 6.07) is 10.5. The van der Waals surface area contributed by atoms with Gasteiger partial charge in [-0.3, -0.25) is 0 Å². The van der Waals surface area contributed by atoms with Gasteiger partial charge in [-0.15, -0.1) is 0 Å². The lowest BCUT2D eigenvalue weighted by Gasteiger charge is -2.16. The second kappa shape index (κ2) is 7.78. The van der Waals surface area contributed by atoms with Crippen molar-refractivity contribution in [1.82, 2.24) is 10.6 Å². The van der Waals surface area contributed by atoms with E-state index in [9.17, 15) is 4.39 Å². The molecule has 0 saturated heterocycles. The normalized spacial score (nSPS) is 11.9. The molecule has 2 rings (SSSR count). The fraction of sp³-hybridized carbons (Fsp3) is 0.312. The Bertz CT molecular complexity index is 554. The molecule has 2 aromatic rings. The second-order valence-electron chi connectivity index (χ2n) is 4.97. The van der Waals surface area contributed by atoms with Gasteiger partial charge in [-0.2, -0.15) is 0 Å². The largest absolute Gasteiger partial charge is 0.469 e. The molecule has 0 unspecified atom stereocenters. The molecule has 0 aliphatic rings. The van der Waals surface area contributed by atoms with Crippen LogP contribution in [0.2, 0.25) is 0 Å². The molecule has 0 amide bonds. The molecule has 21 heavy (non-hydrogen) atoms. The van der Waals surface area contributed by atoms with E-state index in [2.05, 4.69) is 17.6 Å². The number of hydrogen-bond acceptors (Lipinski definition) is 2. The zero-order chi connectivity index (χ0) is 15.1. The molecule has 1 atom stereocenters. The summed E-state index contributed by atoms with van der Waals surface area (Å²) in [5, 5.41) is 6.95. The summed E-state index contributed by atoms with van der Waals surface area (Å²) >= 11 is 5.25. The van der Waals surface area contributed by atoms with Crippen molar-refractivity contribution in [2.75, 3.05) is 0 Å². The first-order valence-electron chi connectivity index (χ1n) is 6.94. The number of thiocarbonyl (C=S) groups is 1. The Morgan fingerprint density at radius 2 is 2.05 bits per heavy atom. The number of nitrogens with one attached hydrogen (secondary N) is 2. The summed E-state index contributed by atoms with van der Waals surface area (Å²) in [5.41, 5.74) is 0.990. The van der Waals surface area contributed by atoms with Gasteiger partial charge >= 0.3 is 0 Å². The van der Waals surface area contributed by atoms with Gasteiger partial charge in [0.2, 0.25) is 0 Å². The Hall–Kier alpha value is -1.88. The molecule has 1 aromatic heterocycles. The van der Waals surface area contributed by atoms with Crippen LogP contribution in [-0.2, 0) is 13.0 Å². The number of aryl methyl sites for hydroxylation is 1. The van der Waals surface area contributed by atoms with Gasteiger partial charge in [0.1, 0.15) is 11.6 Å². The molecule has 0 spiro atoms. The van der Waals surface area contributed by atoms with Gasteiger partial charge in [0.15, 0.2) is 5.11 Å². The van der Waals surface area contributed by atoms with Gasteiger partial charge in [-0.25, -0.2) is 4.39 Å². The molecule has 0 saturated carbocycles. The first-order valence-corrected chi connectivity index (χ1v) is 7.35. The van der Waals surface area contributed by atoms with Crippen molar-refractivity contribution in [2.24, 2.45) is 0 Å². The number of halogens is 1. The maximum Gasteiger partial charge on any atom is 0.166 e. The maximum atomic E-state index is 12.8. The Morgan fingerprint density at radius 1 is 1.29 bits per heavy atom. The summed E-state index contributed by atoms with van der Waals surface area (Å²) in [5.74, 6) is 0.750. The first-order chi connectivity index (χ1) is 10.1. The fourth-order valence-electron chi connectivity index (χ4n) is 1.95. The molecule has 112 valence electrons. The highest BCUT2D eigenvalue weighted by molar-refractivity contribution is 7.80. The van der Waals surface area contributed by atoms with E-state index in [0.29, 0.717) is 11.7 Å². The topological polar surface area (TPSA) is 37.2 Å². The van der Waals surface area contributed by atoms with Crippen molar-refractivity contribution >= 4 is 17.3 Å². The SMILES string of the molecule is C[C@H](CCc1ccco1)NC(=S)NCc1ccc(F)cc1. The molecule has 0 aliphatic carbocycles. The van der Waals surface area contributed by atoms with Crippen LogP contribution in [-0.4, -0.2) is 11.2 Å². The van der Waals surface area contributed by atoms with Crippen LogP contribution in [0.25, 0.3) is 0 Å². The summed E-state index contributed by atoms with van der Waals surface area (Å²) in [7, 11) is 0. The minimum atomic E-state index is -0.231. The van der Waals surface area contributed by atoms with Crippen LogP contribution in [0.15, 0.2) is 47.1 Å². The Labute approximate surface area is 129 Å². The molecule has 5 heteroatoms. The number of hydrogen-bond donors (Lipinski definition) is 2. The quantitative estimate of drug-likeness (QED) is 0.802. The van der Waals surface area contributed by atoms with Crippen LogP contribution in [0, 0.1) is 5.82 Å². The summed E-state index contributed by atoms with van der Waals surface area (Å²) in [6.45, 7) is 2.66. The van der Waals surface area contributed by atoms with Crippen LogP contribution in [0.3, 0.4) is 0 Å². The lowest BCUT2D eigenvalue weighted by molar-refractivity contribution is 0.482. The van der Waals surface area contributed by atoms with Crippen molar-refractivity contribution in [3.8, 4) is 0 Å². The van der Waals surface area contributed by atoms with Crippen molar-refractivity contribution in [2.45, 2.75) is 32.4 Å². The van der Waals surface area contributed by atoms with Gasteiger partial charge in [-0.1, -0.05) is 12.1 Å². The second-order valence-corrected chi connectivity index (χ2v) is 5.38. The Morgan fingerprint density at radius 3 is 2.71 bits per heavy atom. The van der Waals surface area contributed by atoms with Crippen LogP contribution in [0.5, 0.6) is 0 Å². The van der Waals surface area contributed by atoms with E-state index in [1.807, 2.05) is 12.1 Å². The minimum Gasteiger partial charge on any atom is -0.469 e. The molecule has 0 aliphatic heterocycles. The third kappa shape index (κ3) is 5.55. The van der Waals surface area contributed by atoms with Gasteiger partial charge < -0.3 is 15.1 Å². The number of benzene rings is 1. The standard InChI is InChI=1S/C16H19FN2OS/c1-12(4-9-15-3-2-10-20-15)19-16(21)18-11-13-5-7-14(17)8-6-13/h2-3,5-8,10,12H,4,9,11H2,1H3,(H2,18,19,21)/t12-/m1/s1. The molecular weight excluding hydrogens is 287 g/mol. The third-order valence-corrected chi connectivity index (χ3v) is 3.41. The molecule has 1 aromatic carbocycles. The minimum absolute atomic E-state index is 0.231. The maximum absolute atomic E-state index is 12.8. The summed E-state index contributed by atoms with van der Waals surface area (Å²) in [4.78, 5) is 0. The Balaban J connectivity index is 1.67. The van der Waals surface area contributed by atoms with Crippen LogP contribution >= 0.6 is 12.2 Å². The van der Waals surface area contributed by atoms with Gasteiger partial charge in [-0.05, 0) is 55.4 Å². The first kappa shape index (κ1) is 15.5. The van der Waals surface area contributed by atoms with Crippen molar-refractivity contribution < 1.29 is 8.81 Å². The van der Waals surface area contributed by atoms with Crippen LogP contribution in [0.4, 0.5) is 4.39 Å². The summed E-state index contributed by atoms with van der Waals surface area (Å²) < 4.78 is 18.1. The highest BCUT2D eigenvalue weighted by atomic mass is 32.1. The van der Waals surface area contributed by atoms with E-state index in [1.54, 1.807) is 18.4 Å². The molecule has 0 fully saturated rings. The van der Waals surface area contributed by atoms with E-state index in [1.165, 1.54) is 12.1 Å². The highest BCUT2D eigenvalue weighted by Crippen LogP contribution is 2.06. The highest BCUT2D eigenvalue weighted by Gasteiger charge is 2.06. The van der Waals surface area contributed by atoms with Crippen molar-refractivity contribution in [3.05, 3.63) is 59.8 Å². The van der Waals surface area contributed by atoms with Crippen molar-refractivity contribution in [3.63, 3.8) is 0 Å². The van der Waals surface area contributed by atoms with Gasteiger partial charge in [0.25, 0.3) is 0 Å². The molecule has 1 heterocycles. The molecular formula is C16H19FN2OS. The van der Waals surface area contributed by atoms with Crippen LogP contribution in [0.1, 0.15) is 24.7 Å². The van der Waals surface area contributed by atoms with Crippen molar-refractivity contribution in [1.29, 1.82) is 0 Å². The zero-order valence-corrected chi connectivity index (χ0v) is 12.8. The van der Waals surface area contributed by atoms with E-state index in [0.717, 1.165) is 24.2 Å². The summed E-state index contributed by atoms with van der Waals surface area (Å²) in [6.07, 6.45) is 3.50. The number of rotatable bonds is 6. The van der Waals surface area contributed by atoms with Crippen LogP contribution < -0.4 is 10.6 Å². The third-order valence-electron chi connectivity index (χ3n) is 3.15. The van der Waals surface area contributed by atoms with Gasteiger partial charge in [0, 0.05) is 19.0 Å². The van der Waals surface area contributed by atoms with E-state index in [-0.39, 0.29) is 11.9 Å². The monoisotopic (exact) mass is 306 g/mol. The van der Waals surface area contributed by atoms with E-state index in [4.69, 9.17) is 16.6 Å². The molecule has 0 radical (unpaired) electrons. The Kier molecular flexibility index (Phi) is 5.75. The zero-order valence-electron chi connectivity index (χ0n) is 11.9. The molecule has 3 nitrogen and oxygen atoms in total. The predicted octanol–water partition coefficient (Wildman–Crippen LogP) is 3.40. The van der Waals surface area contributed by atoms with E-state index >= 15 is 0 Å². The molecule has 0 bridgehead atoms. The van der Waals surface area contributed by atoms with Gasteiger partial charge in [0.05, 0.1) is 6.26 Å². The molecule has 2 N–H and O–H groups in total.